The molecule has 98 valence electrons. The number of fused-ring (bicyclic) bond motifs is 1. The van der Waals surface area contributed by atoms with Crippen LogP contribution in [0.15, 0.2) is 24.3 Å². The summed E-state index contributed by atoms with van der Waals surface area (Å²) < 4.78 is 2.08. The van der Waals surface area contributed by atoms with Crippen molar-refractivity contribution in [3.63, 3.8) is 0 Å². The van der Waals surface area contributed by atoms with E-state index in [2.05, 4.69) is 53.2 Å². The van der Waals surface area contributed by atoms with Gasteiger partial charge in [0.1, 0.15) is 0 Å². The summed E-state index contributed by atoms with van der Waals surface area (Å²) in [5.74, 6) is 0. The van der Waals surface area contributed by atoms with Gasteiger partial charge in [-0.05, 0) is 26.0 Å². The van der Waals surface area contributed by atoms with E-state index in [-0.39, 0.29) is 0 Å². The van der Waals surface area contributed by atoms with Gasteiger partial charge in [0.15, 0.2) is 0 Å². The number of hydrogen-bond donors (Lipinski definition) is 1. The summed E-state index contributed by atoms with van der Waals surface area (Å²) in [6, 6.07) is 8.48. The number of rotatable bonds is 7. The van der Waals surface area contributed by atoms with E-state index < -0.39 is 0 Å². The zero-order chi connectivity index (χ0) is 12.8. The summed E-state index contributed by atoms with van der Waals surface area (Å²) in [4.78, 5) is 0. The molecule has 0 unspecified atom stereocenters. The molecule has 18 heavy (non-hydrogen) atoms. The smallest absolute Gasteiger partial charge is 0.0841 e. The Morgan fingerprint density at radius 2 is 2.00 bits per heavy atom. The number of nitrogens with zero attached hydrogens (tertiary/aromatic N) is 2. The molecule has 1 N–H and O–H groups in total. The van der Waals surface area contributed by atoms with Gasteiger partial charge in [-0.15, -0.1) is 0 Å². The van der Waals surface area contributed by atoms with Gasteiger partial charge in [0.2, 0.25) is 0 Å². The normalized spacial score (nSPS) is 11.2. The molecule has 3 heteroatoms. The molecule has 3 nitrogen and oxygen atoms in total. The van der Waals surface area contributed by atoms with Gasteiger partial charge in [-0.2, -0.15) is 5.10 Å². The van der Waals surface area contributed by atoms with Crippen molar-refractivity contribution in [2.45, 2.75) is 46.2 Å². The van der Waals surface area contributed by atoms with Crippen LogP contribution < -0.4 is 5.32 Å². The lowest BCUT2D eigenvalue weighted by molar-refractivity contribution is 0.597. The predicted octanol–water partition coefficient (Wildman–Crippen LogP) is 3.34. The summed E-state index contributed by atoms with van der Waals surface area (Å²) in [5.41, 5.74) is 2.41. The van der Waals surface area contributed by atoms with Crippen LogP contribution in [0.25, 0.3) is 10.9 Å². The quantitative estimate of drug-likeness (QED) is 0.758. The van der Waals surface area contributed by atoms with Gasteiger partial charge in [-0.1, -0.05) is 38.0 Å². The van der Waals surface area contributed by atoms with Crippen molar-refractivity contribution in [3.05, 3.63) is 30.0 Å². The maximum absolute atomic E-state index is 4.68. The van der Waals surface area contributed by atoms with Gasteiger partial charge in [0.05, 0.1) is 11.2 Å². The van der Waals surface area contributed by atoms with Crippen LogP contribution in [0.5, 0.6) is 0 Å². The van der Waals surface area contributed by atoms with E-state index in [1.54, 1.807) is 0 Å². The lowest BCUT2D eigenvalue weighted by atomic mass is 10.2. The van der Waals surface area contributed by atoms with Crippen molar-refractivity contribution in [2.24, 2.45) is 0 Å². The van der Waals surface area contributed by atoms with Gasteiger partial charge in [-0.3, -0.25) is 4.68 Å². The van der Waals surface area contributed by atoms with E-state index in [9.17, 15) is 0 Å². The van der Waals surface area contributed by atoms with Gasteiger partial charge in [-0.25, -0.2) is 0 Å². The average Bonchev–Trinajstić information content (AvgIpc) is 2.77. The Labute approximate surface area is 109 Å². The fourth-order valence-electron chi connectivity index (χ4n) is 2.27. The Kier molecular flexibility index (Phi) is 4.76. The molecule has 0 spiro atoms. The molecule has 0 fully saturated rings. The van der Waals surface area contributed by atoms with Crippen molar-refractivity contribution >= 4 is 10.9 Å². The topological polar surface area (TPSA) is 29.9 Å². The maximum atomic E-state index is 4.68. The summed E-state index contributed by atoms with van der Waals surface area (Å²) in [6.07, 6.45) is 3.83. The predicted molar refractivity (Wildman–Crippen MR) is 76.6 cm³/mol. The van der Waals surface area contributed by atoms with Crippen molar-refractivity contribution in [2.75, 3.05) is 6.54 Å². The second-order valence-electron chi connectivity index (χ2n) is 4.66. The van der Waals surface area contributed by atoms with E-state index >= 15 is 0 Å². The molecule has 2 rings (SSSR count). The zero-order valence-corrected chi connectivity index (χ0v) is 11.4. The molecule has 1 heterocycles. The molecule has 0 aliphatic heterocycles. The van der Waals surface area contributed by atoms with Crippen LogP contribution in [-0.2, 0) is 13.1 Å². The Morgan fingerprint density at radius 1 is 1.17 bits per heavy atom. The Morgan fingerprint density at radius 3 is 2.78 bits per heavy atom. The number of nitrogens with one attached hydrogen (secondary N) is 1. The molecule has 0 amide bonds. The minimum Gasteiger partial charge on any atom is -0.311 e. The van der Waals surface area contributed by atoms with Crippen LogP contribution in [-0.4, -0.2) is 16.3 Å². The molecule has 1 aromatic carbocycles. The molecule has 0 aliphatic rings. The Bertz CT molecular complexity index is 487. The first kappa shape index (κ1) is 13.1. The molecule has 0 saturated carbocycles. The average molecular weight is 245 g/mol. The van der Waals surface area contributed by atoms with Gasteiger partial charge < -0.3 is 5.32 Å². The van der Waals surface area contributed by atoms with Crippen LogP contribution in [0.1, 0.15) is 38.8 Å². The minimum atomic E-state index is 0.872. The number of hydrogen-bond acceptors (Lipinski definition) is 2. The summed E-state index contributed by atoms with van der Waals surface area (Å²) >= 11 is 0. The van der Waals surface area contributed by atoms with Gasteiger partial charge >= 0.3 is 0 Å². The summed E-state index contributed by atoms with van der Waals surface area (Å²) in [5, 5.41) is 9.45. The van der Waals surface area contributed by atoms with Gasteiger partial charge in [0, 0.05) is 18.5 Å². The highest BCUT2D eigenvalue weighted by molar-refractivity contribution is 5.81. The van der Waals surface area contributed by atoms with Crippen LogP contribution in [0.3, 0.4) is 0 Å². The van der Waals surface area contributed by atoms with E-state index in [0.717, 1.165) is 19.6 Å². The lowest BCUT2D eigenvalue weighted by Gasteiger charge is -2.01. The van der Waals surface area contributed by atoms with Crippen molar-refractivity contribution in [1.29, 1.82) is 0 Å². The SMILES string of the molecule is CCCCCNCc1nn(CC)c2ccccc12. The van der Waals surface area contributed by atoms with Crippen LogP contribution in [0, 0.1) is 0 Å². The Hall–Kier alpha value is -1.35. The highest BCUT2D eigenvalue weighted by atomic mass is 15.3. The second kappa shape index (κ2) is 6.55. The van der Waals surface area contributed by atoms with E-state index in [1.807, 2.05) is 0 Å². The largest absolute Gasteiger partial charge is 0.311 e. The third-order valence-corrected chi connectivity index (χ3v) is 3.28. The molecular weight excluding hydrogens is 222 g/mol. The minimum absolute atomic E-state index is 0.872. The van der Waals surface area contributed by atoms with Gasteiger partial charge in [0.25, 0.3) is 0 Å². The molecule has 0 bridgehead atoms. The molecule has 1 aromatic heterocycles. The third-order valence-electron chi connectivity index (χ3n) is 3.28. The Balaban J connectivity index is 2.04. The lowest BCUT2D eigenvalue weighted by Crippen LogP contribution is -2.15. The second-order valence-corrected chi connectivity index (χ2v) is 4.66. The van der Waals surface area contributed by atoms with Crippen LogP contribution in [0.2, 0.25) is 0 Å². The molecule has 2 aromatic rings. The molecule has 0 atom stereocenters. The first-order chi connectivity index (χ1) is 8.86. The zero-order valence-electron chi connectivity index (χ0n) is 11.4. The van der Waals surface area contributed by atoms with Crippen LogP contribution in [0.4, 0.5) is 0 Å². The summed E-state index contributed by atoms with van der Waals surface area (Å²) in [7, 11) is 0. The molecular formula is C15H23N3. The fourth-order valence-corrected chi connectivity index (χ4v) is 2.27. The van der Waals surface area contributed by atoms with E-state index in [0.29, 0.717) is 0 Å². The van der Waals surface area contributed by atoms with E-state index in [4.69, 9.17) is 0 Å². The van der Waals surface area contributed by atoms with E-state index in [1.165, 1.54) is 35.9 Å². The molecule has 0 aliphatic carbocycles. The van der Waals surface area contributed by atoms with Crippen molar-refractivity contribution < 1.29 is 0 Å². The fraction of sp³-hybridized carbons (Fsp3) is 0.533. The maximum Gasteiger partial charge on any atom is 0.0841 e. The van der Waals surface area contributed by atoms with Crippen LogP contribution >= 0.6 is 0 Å². The van der Waals surface area contributed by atoms with Crippen molar-refractivity contribution in [3.8, 4) is 0 Å². The summed E-state index contributed by atoms with van der Waals surface area (Å²) in [6.45, 7) is 7.25. The molecule has 0 saturated heterocycles. The number of aryl methyl sites for hydroxylation is 1. The van der Waals surface area contributed by atoms with Crippen molar-refractivity contribution in [1.82, 2.24) is 15.1 Å². The number of unbranched alkanes of at least 4 members (excludes halogenated alkanes) is 2. The highest BCUT2D eigenvalue weighted by Crippen LogP contribution is 2.18. The monoisotopic (exact) mass is 245 g/mol. The third kappa shape index (κ3) is 2.91. The first-order valence-electron chi connectivity index (χ1n) is 7.02. The number of para-hydroxylation sites is 1. The number of benzene rings is 1. The number of aromatic nitrogens is 2. The first-order valence-corrected chi connectivity index (χ1v) is 7.02. The molecule has 0 radical (unpaired) electrons. The highest BCUT2D eigenvalue weighted by Gasteiger charge is 2.07. The standard InChI is InChI=1S/C15H23N3/c1-3-5-8-11-16-12-14-13-9-6-7-10-15(13)18(4-2)17-14/h6-7,9-10,16H,3-5,8,11-12H2,1-2H3.